The Morgan fingerprint density at radius 1 is 0.912 bits per heavy atom. The minimum atomic E-state index is -1.48. The van der Waals surface area contributed by atoms with E-state index in [0.29, 0.717) is 15.7 Å². The van der Waals surface area contributed by atoms with Crippen molar-refractivity contribution in [2.75, 3.05) is 50.0 Å². The van der Waals surface area contributed by atoms with Gasteiger partial charge < -0.3 is 19.1 Å². The van der Waals surface area contributed by atoms with Gasteiger partial charge in [-0.25, -0.2) is 4.21 Å². The first-order valence-electron chi connectivity index (χ1n) is 11.3. The van der Waals surface area contributed by atoms with E-state index in [-0.39, 0.29) is 0 Å². The summed E-state index contributed by atoms with van der Waals surface area (Å²) in [5.41, 5.74) is 3.16. The number of halogens is 1. The second-order valence-corrected chi connectivity index (χ2v) is 9.77. The van der Waals surface area contributed by atoms with Crippen LogP contribution in [-0.2, 0) is 17.5 Å². The van der Waals surface area contributed by atoms with Crippen molar-refractivity contribution in [3.8, 4) is 11.5 Å². The molecule has 1 atom stereocenters. The number of nitrogens with zero attached hydrogens (tertiary/aromatic N) is 2. The molecule has 3 aromatic carbocycles. The van der Waals surface area contributed by atoms with Crippen LogP contribution in [0.2, 0.25) is 5.02 Å². The first kappa shape index (κ1) is 24.4. The Morgan fingerprint density at radius 2 is 1.68 bits per heavy atom. The standard InChI is InChI=1S/C26H30ClN3O3S/c1-32-24-7-4-3-6-23(24)30-15-5-14-29(16-17-30)19-20-8-11-22(12-9-20)28-34(31)26-18-21(27)10-13-25(26)33-2/h3-4,6-13,18,28H,5,14-17,19H2,1-2H3. The van der Waals surface area contributed by atoms with Crippen molar-refractivity contribution < 1.29 is 13.7 Å². The molecule has 0 saturated carbocycles. The van der Waals surface area contributed by atoms with Crippen LogP contribution in [0, 0.1) is 0 Å². The Kier molecular flexibility index (Phi) is 8.32. The molecule has 180 valence electrons. The summed E-state index contributed by atoms with van der Waals surface area (Å²) in [5.74, 6) is 1.46. The molecule has 3 aromatic rings. The molecular formula is C26H30ClN3O3S. The van der Waals surface area contributed by atoms with Crippen molar-refractivity contribution in [3.63, 3.8) is 0 Å². The summed E-state index contributed by atoms with van der Waals surface area (Å²) in [6.45, 7) is 4.88. The molecule has 1 aliphatic heterocycles. The number of rotatable bonds is 8. The van der Waals surface area contributed by atoms with Crippen LogP contribution in [0.25, 0.3) is 0 Å². The molecule has 1 heterocycles. The van der Waals surface area contributed by atoms with Gasteiger partial charge in [0.2, 0.25) is 0 Å². The van der Waals surface area contributed by atoms with Crippen LogP contribution in [0.5, 0.6) is 11.5 Å². The molecule has 6 nitrogen and oxygen atoms in total. The van der Waals surface area contributed by atoms with Crippen LogP contribution < -0.4 is 19.1 Å². The number of anilines is 2. The maximum atomic E-state index is 12.8. The van der Waals surface area contributed by atoms with Gasteiger partial charge in [0.05, 0.1) is 19.9 Å². The fraction of sp³-hybridized carbons (Fsp3) is 0.308. The number of hydrogen-bond acceptors (Lipinski definition) is 5. The fourth-order valence-electron chi connectivity index (χ4n) is 4.15. The summed E-state index contributed by atoms with van der Waals surface area (Å²) < 4.78 is 26.7. The second kappa shape index (κ2) is 11.6. The lowest BCUT2D eigenvalue weighted by Gasteiger charge is -2.25. The SMILES string of the molecule is COc1ccccc1N1CCCN(Cc2ccc(NS(=O)c3cc(Cl)ccc3OC)cc2)CC1. The molecule has 1 fully saturated rings. The molecule has 8 heteroatoms. The summed E-state index contributed by atoms with van der Waals surface area (Å²) >= 11 is 6.07. The Morgan fingerprint density at radius 3 is 2.44 bits per heavy atom. The molecular weight excluding hydrogens is 470 g/mol. The van der Waals surface area contributed by atoms with E-state index in [1.54, 1.807) is 32.4 Å². The number of para-hydroxylation sites is 2. The average molecular weight is 500 g/mol. The minimum Gasteiger partial charge on any atom is -0.495 e. The van der Waals surface area contributed by atoms with Crippen LogP contribution in [0.4, 0.5) is 11.4 Å². The van der Waals surface area contributed by atoms with Gasteiger partial charge in [-0.3, -0.25) is 4.90 Å². The van der Waals surface area contributed by atoms with Crippen LogP contribution in [0.3, 0.4) is 0 Å². The molecule has 0 amide bonds. The highest BCUT2D eigenvalue weighted by atomic mass is 35.5. The van der Waals surface area contributed by atoms with Gasteiger partial charge in [0.1, 0.15) is 16.4 Å². The normalized spacial score (nSPS) is 15.4. The van der Waals surface area contributed by atoms with Gasteiger partial charge in [-0.2, -0.15) is 0 Å². The van der Waals surface area contributed by atoms with Crippen molar-refractivity contribution in [1.82, 2.24) is 4.90 Å². The highest BCUT2D eigenvalue weighted by Gasteiger charge is 2.18. The largest absolute Gasteiger partial charge is 0.495 e. The Balaban J connectivity index is 1.35. The van der Waals surface area contributed by atoms with E-state index in [1.807, 2.05) is 24.3 Å². The van der Waals surface area contributed by atoms with Gasteiger partial charge in [0.15, 0.2) is 11.0 Å². The molecule has 34 heavy (non-hydrogen) atoms. The summed E-state index contributed by atoms with van der Waals surface area (Å²) in [6, 6.07) is 21.4. The first-order valence-corrected chi connectivity index (χ1v) is 12.8. The number of benzene rings is 3. The zero-order chi connectivity index (χ0) is 23.9. The van der Waals surface area contributed by atoms with E-state index in [0.717, 1.165) is 56.3 Å². The molecule has 1 aliphatic rings. The molecule has 1 saturated heterocycles. The third-order valence-electron chi connectivity index (χ3n) is 5.91. The Hall–Kier alpha value is -2.74. The van der Waals surface area contributed by atoms with Crippen molar-refractivity contribution in [2.24, 2.45) is 0 Å². The second-order valence-electron chi connectivity index (χ2n) is 8.15. The predicted octanol–water partition coefficient (Wildman–Crippen LogP) is 5.20. The Labute approximate surface area is 209 Å². The lowest BCUT2D eigenvalue weighted by Crippen LogP contribution is -2.30. The fourth-order valence-corrected chi connectivity index (χ4v) is 5.42. The zero-order valence-electron chi connectivity index (χ0n) is 19.5. The lowest BCUT2D eigenvalue weighted by molar-refractivity contribution is 0.285. The highest BCUT2D eigenvalue weighted by Crippen LogP contribution is 2.29. The van der Waals surface area contributed by atoms with E-state index >= 15 is 0 Å². The maximum Gasteiger partial charge on any atom is 0.154 e. The molecule has 1 unspecified atom stereocenters. The van der Waals surface area contributed by atoms with E-state index in [1.165, 1.54) is 5.56 Å². The van der Waals surface area contributed by atoms with Crippen molar-refractivity contribution >= 4 is 34.0 Å². The summed E-state index contributed by atoms with van der Waals surface area (Å²) in [6.07, 6.45) is 1.10. The van der Waals surface area contributed by atoms with Crippen molar-refractivity contribution in [2.45, 2.75) is 17.9 Å². The predicted molar refractivity (Wildman–Crippen MR) is 140 cm³/mol. The highest BCUT2D eigenvalue weighted by molar-refractivity contribution is 7.86. The van der Waals surface area contributed by atoms with Gasteiger partial charge in [0, 0.05) is 43.4 Å². The first-order chi connectivity index (χ1) is 16.6. The van der Waals surface area contributed by atoms with Crippen LogP contribution in [0.15, 0.2) is 71.6 Å². The van der Waals surface area contributed by atoms with Gasteiger partial charge in [-0.15, -0.1) is 0 Å². The summed E-state index contributed by atoms with van der Waals surface area (Å²) in [7, 11) is 1.80. The summed E-state index contributed by atoms with van der Waals surface area (Å²) in [5, 5.41) is 0.517. The van der Waals surface area contributed by atoms with Crippen molar-refractivity contribution in [1.29, 1.82) is 0 Å². The monoisotopic (exact) mass is 499 g/mol. The van der Waals surface area contributed by atoms with Crippen LogP contribution in [0.1, 0.15) is 12.0 Å². The maximum absolute atomic E-state index is 12.8. The number of ether oxygens (including phenoxy) is 2. The average Bonchev–Trinajstić information content (AvgIpc) is 3.10. The van der Waals surface area contributed by atoms with Gasteiger partial charge in [-0.1, -0.05) is 35.9 Å². The molecule has 0 aliphatic carbocycles. The zero-order valence-corrected chi connectivity index (χ0v) is 21.1. The van der Waals surface area contributed by atoms with Gasteiger partial charge in [-0.05, 0) is 54.4 Å². The molecule has 0 bridgehead atoms. The van der Waals surface area contributed by atoms with Crippen LogP contribution in [-0.4, -0.2) is 49.5 Å². The van der Waals surface area contributed by atoms with Crippen molar-refractivity contribution in [3.05, 3.63) is 77.3 Å². The van der Waals surface area contributed by atoms with Gasteiger partial charge >= 0.3 is 0 Å². The van der Waals surface area contributed by atoms with Crippen LogP contribution >= 0.6 is 11.6 Å². The molecule has 0 aromatic heterocycles. The van der Waals surface area contributed by atoms with E-state index in [4.69, 9.17) is 21.1 Å². The lowest BCUT2D eigenvalue weighted by atomic mass is 10.2. The topological polar surface area (TPSA) is 54.0 Å². The van der Waals surface area contributed by atoms with E-state index < -0.39 is 11.0 Å². The van der Waals surface area contributed by atoms with Gasteiger partial charge in [0.25, 0.3) is 0 Å². The quantitative estimate of drug-likeness (QED) is 0.461. The molecule has 0 radical (unpaired) electrons. The van der Waals surface area contributed by atoms with E-state index in [9.17, 15) is 4.21 Å². The Bertz CT molecular complexity index is 1130. The molecule has 4 rings (SSSR count). The number of hydrogen-bond donors (Lipinski definition) is 1. The molecule has 0 spiro atoms. The smallest absolute Gasteiger partial charge is 0.154 e. The number of methoxy groups -OCH3 is 2. The third kappa shape index (κ3) is 6.03. The summed E-state index contributed by atoms with van der Waals surface area (Å²) in [4.78, 5) is 5.40. The minimum absolute atomic E-state index is 0.517. The van der Waals surface area contributed by atoms with E-state index in [2.05, 4.69) is 38.8 Å². The molecule has 1 N–H and O–H groups in total. The number of nitrogens with one attached hydrogen (secondary N) is 1. The third-order valence-corrected chi connectivity index (χ3v) is 7.29.